The van der Waals surface area contributed by atoms with E-state index in [4.69, 9.17) is 4.74 Å². The molecule has 1 fully saturated rings. The molecule has 0 spiro atoms. The Labute approximate surface area is 124 Å². The second-order valence-electron chi connectivity index (χ2n) is 5.43. The highest BCUT2D eigenvalue weighted by Crippen LogP contribution is 2.29. The Kier molecular flexibility index (Phi) is 5.33. The second kappa shape index (κ2) is 7.22. The molecule has 0 saturated heterocycles. The molecule has 0 bridgehead atoms. The third-order valence-corrected chi connectivity index (χ3v) is 3.83. The van der Waals surface area contributed by atoms with Crippen LogP contribution in [-0.4, -0.2) is 29.1 Å². The number of hydrogen-bond donors (Lipinski definition) is 2. The van der Waals surface area contributed by atoms with Crippen molar-refractivity contribution in [3.63, 3.8) is 0 Å². The van der Waals surface area contributed by atoms with Crippen molar-refractivity contribution in [1.82, 2.24) is 5.32 Å². The van der Waals surface area contributed by atoms with Gasteiger partial charge in [-0.25, -0.2) is 4.79 Å². The van der Waals surface area contributed by atoms with Gasteiger partial charge in [0.15, 0.2) is 0 Å². The zero-order valence-corrected chi connectivity index (χ0v) is 12.0. The van der Waals surface area contributed by atoms with Gasteiger partial charge in [-0.3, -0.25) is 4.79 Å². The summed E-state index contributed by atoms with van der Waals surface area (Å²) in [6.45, 7) is 0.745. The molecule has 1 aromatic rings. The topological polar surface area (TPSA) is 75.6 Å². The Hall–Kier alpha value is -1.88. The highest BCUT2D eigenvalue weighted by molar-refractivity contribution is 5.87. The lowest BCUT2D eigenvalue weighted by Gasteiger charge is -2.25. The number of carbonyl (C=O) groups is 2. The van der Waals surface area contributed by atoms with E-state index in [1.165, 1.54) is 0 Å². The molecular weight excluding hydrogens is 270 g/mol. The van der Waals surface area contributed by atoms with Crippen molar-refractivity contribution in [3.05, 3.63) is 35.9 Å². The molecule has 5 heteroatoms. The largest absolute Gasteiger partial charge is 0.480 e. The SMILES string of the molecule is O=C(CCOCc1ccccc1)NC1(C(=O)O)CCCC1. The number of benzene rings is 1. The highest BCUT2D eigenvalue weighted by Gasteiger charge is 2.42. The van der Waals surface area contributed by atoms with Crippen LogP contribution in [0.2, 0.25) is 0 Å². The number of rotatable bonds is 7. The average Bonchev–Trinajstić information content (AvgIpc) is 2.94. The first kappa shape index (κ1) is 15.5. The van der Waals surface area contributed by atoms with Crippen LogP contribution in [0.3, 0.4) is 0 Å². The lowest BCUT2D eigenvalue weighted by molar-refractivity contribution is -0.147. The highest BCUT2D eigenvalue weighted by atomic mass is 16.5. The van der Waals surface area contributed by atoms with E-state index in [-0.39, 0.29) is 18.9 Å². The summed E-state index contributed by atoms with van der Waals surface area (Å²) in [5.41, 5.74) is -0.00743. The molecule has 1 amide bonds. The van der Waals surface area contributed by atoms with Crippen molar-refractivity contribution >= 4 is 11.9 Å². The van der Waals surface area contributed by atoms with E-state index in [2.05, 4.69) is 5.32 Å². The van der Waals surface area contributed by atoms with E-state index in [9.17, 15) is 14.7 Å². The monoisotopic (exact) mass is 291 g/mol. The van der Waals surface area contributed by atoms with Crippen LogP contribution in [0.4, 0.5) is 0 Å². The van der Waals surface area contributed by atoms with Crippen LogP contribution in [0, 0.1) is 0 Å². The molecule has 5 nitrogen and oxygen atoms in total. The van der Waals surface area contributed by atoms with Crippen molar-refractivity contribution in [3.8, 4) is 0 Å². The van der Waals surface area contributed by atoms with Gasteiger partial charge in [-0.1, -0.05) is 43.2 Å². The molecule has 114 valence electrons. The van der Waals surface area contributed by atoms with E-state index < -0.39 is 11.5 Å². The maximum absolute atomic E-state index is 11.9. The Morgan fingerprint density at radius 3 is 2.48 bits per heavy atom. The fraction of sp³-hybridized carbons (Fsp3) is 0.500. The van der Waals surface area contributed by atoms with Crippen molar-refractivity contribution in [1.29, 1.82) is 0 Å². The number of carboxylic acid groups (broad SMARTS) is 1. The van der Waals surface area contributed by atoms with Gasteiger partial charge in [-0.2, -0.15) is 0 Å². The molecule has 0 aliphatic heterocycles. The van der Waals surface area contributed by atoms with Crippen molar-refractivity contribution < 1.29 is 19.4 Å². The number of carbonyl (C=O) groups excluding carboxylic acids is 1. The standard InChI is InChI=1S/C16H21NO4/c18-14(17-16(15(19)20)9-4-5-10-16)8-11-21-12-13-6-2-1-3-7-13/h1-3,6-7H,4-5,8-12H2,(H,17,18)(H,19,20). The minimum atomic E-state index is -1.06. The summed E-state index contributed by atoms with van der Waals surface area (Å²) in [7, 11) is 0. The van der Waals surface area contributed by atoms with Crippen LogP contribution in [-0.2, 0) is 20.9 Å². The molecule has 0 aromatic heterocycles. The van der Waals surface area contributed by atoms with E-state index in [1.807, 2.05) is 30.3 Å². The Bertz CT molecular complexity index is 480. The van der Waals surface area contributed by atoms with Gasteiger partial charge in [-0.05, 0) is 18.4 Å². The number of carboxylic acids is 1. The summed E-state index contributed by atoms with van der Waals surface area (Å²) >= 11 is 0. The molecule has 1 saturated carbocycles. The fourth-order valence-electron chi connectivity index (χ4n) is 2.63. The first-order chi connectivity index (χ1) is 10.1. The fourth-order valence-corrected chi connectivity index (χ4v) is 2.63. The number of hydrogen-bond acceptors (Lipinski definition) is 3. The molecule has 1 aliphatic rings. The van der Waals surface area contributed by atoms with Crippen LogP contribution < -0.4 is 5.32 Å². The first-order valence-corrected chi connectivity index (χ1v) is 7.28. The third-order valence-electron chi connectivity index (χ3n) is 3.83. The van der Waals surface area contributed by atoms with Crippen LogP contribution >= 0.6 is 0 Å². The summed E-state index contributed by atoms with van der Waals surface area (Å²) in [5, 5.41) is 12.0. The van der Waals surface area contributed by atoms with E-state index in [0.29, 0.717) is 19.4 Å². The van der Waals surface area contributed by atoms with Gasteiger partial charge in [0.2, 0.25) is 5.91 Å². The minimum absolute atomic E-state index is 0.182. The molecule has 1 aromatic carbocycles. The zero-order chi connectivity index (χ0) is 15.1. The van der Waals surface area contributed by atoms with Gasteiger partial charge >= 0.3 is 5.97 Å². The molecule has 0 heterocycles. The minimum Gasteiger partial charge on any atom is -0.480 e. The van der Waals surface area contributed by atoms with Gasteiger partial charge in [0.05, 0.1) is 19.6 Å². The van der Waals surface area contributed by atoms with Gasteiger partial charge in [0, 0.05) is 0 Å². The average molecular weight is 291 g/mol. The lowest BCUT2D eigenvalue weighted by atomic mass is 9.97. The first-order valence-electron chi connectivity index (χ1n) is 7.28. The maximum Gasteiger partial charge on any atom is 0.329 e. The smallest absolute Gasteiger partial charge is 0.329 e. The number of amides is 1. The molecule has 0 radical (unpaired) electrons. The van der Waals surface area contributed by atoms with E-state index in [1.54, 1.807) is 0 Å². The molecule has 1 aliphatic carbocycles. The predicted octanol–water partition coefficient (Wildman–Crippen LogP) is 2.11. The summed E-state index contributed by atoms with van der Waals surface area (Å²) in [5.74, 6) is -1.19. The lowest BCUT2D eigenvalue weighted by Crippen LogP contribution is -2.52. The van der Waals surface area contributed by atoms with Crippen molar-refractivity contribution in [2.75, 3.05) is 6.61 Å². The normalized spacial score (nSPS) is 16.6. The summed E-state index contributed by atoms with van der Waals surface area (Å²) in [4.78, 5) is 23.2. The quantitative estimate of drug-likeness (QED) is 0.754. The van der Waals surface area contributed by atoms with Gasteiger partial charge < -0.3 is 15.2 Å². The van der Waals surface area contributed by atoms with E-state index >= 15 is 0 Å². The molecule has 0 atom stereocenters. The molecule has 0 unspecified atom stereocenters. The van der Waals surface area contributed by atoms with Crippen LogP contribution in [0.15, 0.2) is 30.3 Å². The van der Waals surface area contributed by atoms with Gasteiger partial charge in [0.1, 0.15) is 5.54 Å². The van der Waals surface area contributed by atoms with Gasteiger partial charge in [0.25, 0.3) is 0 Å². The molecule has 2 rings (SSSR count). The summed E-state index contributed by atoms with van der Waals surface area (Å²) in [6, 6.07) is 9.71. The number of nitrogens with one attached hydrogen (secondary N) is 1. The Morgan fingerprint density at radius 2 is 1.86 bits per heavy atom. The number of ether oxygens (including phenoxy) is 1. The van der Waals surface area contributed by atoms with E-state index in [0.717, 1.165) is 18.4 Å². The molecular formula is C16H21NO4. The van der Waals surface area contributed by atoms with Crippen LogP contribution in [0.25, 0.3) is 0 Å². The third kappa shape index (κ3) is 4.29. The van der Waals surface area contributed by atoms with Crippen LogP contribution in [0.5, 0.6) is 0 Å². The van der Waals surface area contributed by atoms with Crippen LogP contribution in [0.1, 0.15) is 37.7 Å². The number of aliphatic carboxylic acids is 1. The van der Waals surface area contributed by atoms with Crippen molar-refractivity contribution in [2.24, 2.45) is 0 Å². The maximum atomic E-state index is 11.9. The molecule has 21 heavy (non-hydrogen) atoms. The van der Waals surface area contributed by atoms with Gasteiger partial charge in [-0.15, -0.1) is 0 Å². The Balaban J connectivity index is 1.71. The summed E-state index contributed by atoms with van der Waals surface area (Å²) < 4.78 is 5.44. The van der Waals surface area contributed by atoms with Crippen molar-refractivity contribution in [2.45, 2.75) is 44.2 Å². The molecule has 2 N–H and O–H groups in total. The zero-order valence-electron chi connectivity index (χ0n) is 12.0. The second-order valence-corrected chi connectivity index (χ2v) is 5.43. The Morgan fingerprint density at radius 1 is 1.19 bits per heavy atom. The predicted molar refractivity (Wildman–Crippen MR) is 77.7 cm³/mol. The summed E-state index contributed by atoms with van der Waals surface area (Å²) in [6.07, 6.45) is 2.90.